The lowest BCUT2D eigenvalue weighted by atomic mass is 9.84. The van der Waals surface area contributed by atoms with Crippen molar-refractivity contribution in [3.63, 3.8) is 0 Å². The second-order valence-electron chi connectivity index (χ2n) is 6.31. The van der Waals surface area contributed by atoms with Gasteiger partial charge < -0.3 is 10.2 Å². The molecule has 0 amide bonds. The average Bonchev–Trinajstić information content (AvgIpc) is 2.49. The van der Waals surface area contributed by atoms with Gasteiger partial charge in [-0.3, -0.25) is 0 Å². The van der Waals surface area contributed by atoms with E-state index < -0.39 is 0 Å². The lowest BCUT2D eigenvalue weighted by molar-refractivity contribution is 0.168. The molecule has 1 saturated carbocycles. The molecule has 20 heavy (non-hydrogen) atoms. The van der Waals surface area contributed by atoms with Crippen LogP contribution in [0.25, 0.3) is 0 Å². The molecule has 0 spiro atoms. The van der Waals surface area contributed by atoms with Crippen LogP contribution in [0.4, 0.5) is 5.69 Å². The van der Waals surface area contributed by atoms with Gasteiger partial charge in [-0.15, -0.1) is 0 Å². The standard InChI is InChI=1S/C18H30N2/c1-4-16-9-11-17(12-10-16)20(3)14-13-19-18-8-6-5-7-15(18)2/h5-8,16-17,19H,4,9-14H2,1-3H3. The molecule has 1 N–H and O–H groups in total. The van der Waals surface area contributed by atoms with E-state index in [2.05, 4.69) is 55.4 Å². The molecule has 1 aromatic carbocycles. The van der Waals surface area contributed by atoms with Crippen LogP contribution in [0.15, 0.2) is 24.3 Å². The number of para-hydroxylation sites is 1. The minimum atomic E-state index is 0.802. The molecule has 1 aliphatic carbocycles. The summed E-state index contributed by atoms with van der Waals surface area (Å²) < 4.78 is 0. The number of hydrogen-bond acceptors (Lipinski definition) is 2. The summed E-state index contributed by atoms with van der Waals surface area (Å²) in [4.78, 5) is 2.55. The van der Waals surface area contributed by atoms with Crippen LogP contribution in [0.2, 0.25) is 0 Å². The van der Waals surface area contributed by atoms with Gasteiger partial charge >= 0.3 is 0 Å². The lowest BCUT2D eigenvalue weighted by Crippen LogP contribution is -2.37. The largest absolute Gasteiger partial charge is 0.384 e. The van der Waals surface area contributed by atoms with Crippen molar-refractivity contribution in [2.24, 2.45) is 5.92 Å². The SMILES string of the molecule is CCC1CCC(N(C)CCNc2ccccc2C)CC1. The van der Waals surface area contributed by atoms with Crippen molar-refractivity contribution in [1.29, 1.82) is 0 Å². The maximum Gasteiger partial charge on any atom is 0.0370 e. The molecule has 0 unspecified atom stereocenters. The smallest absolute Gasteiger partial charge is 0.0370 e. The quantitative estimate of drug-likeness (QED) is 0.831. The number of aryl methyl sites for hydroxylation is 1. The molecule has 0 saturated heterocycles. The maximum atomic E-state index is 3.56. The summed E-state index contributed by atoms with van der Waals surface area (Å²) >= 11 is 0. The minimum Gasteiger partial charge on any atom is -0.384 e. The summed E-state index contributed by atoms with van der Waals surface area (Å²) in [5.74, 6) is 0.991. The summed E-state index contributed by atoms with van der Waals surface area (Å²) in [6.45, 7) is 6.67. The molecule has 0 aromatic heterocycles. The summed E-state index contributed by atoms with van der Waals surface area (Å²) in [5.41, 5.74) is 2.61. The molecule has 0 heterocycles. The van der Waals surface area contributed by atoms with Gasteiger partial charge in [0.05, 0.1) is 0 Å². The predicted molar refractivity (Wildman–Crippen MR) is 88.3 cm³/mol. The van der Waals surface area contributed by atoms with Gasteiger partial charge in [-0.25, -0.2) is 0 Å². The third kappa shape index (κ3) is 4.24. The van der Waals surface area contributed by atoms with Crippen LogP contribution in [0.5, 0.6) is 0 Å². The van der Waals surface area contributed by atoms with E-state index in [-0.39, 0.29) is 0 Å². The molecule has 1 aliphatic rings. The van der Waals surface area contributed by atoms with Gasteiger partial charge in [-0.1, -0.05) is 31.5 Å². The first kappa shape index (κ1) is 15.4. The van der Waals surface area contributed by atoms with Crippen LogP contribution >= 0.6 is 0 Å². The normalized spacial score (nSPS) is 23.0. The fraction of sp³-hybridized carbons (Fsp3) is 0.667. The van der Waals surface area contributed by atoms with Crippen molar-refractivity contribution in [3.8, 4) is 0 Å². The van der Waals surface area contributed by atoms with E-state index in [9.17, 15) is 0 Å². The van der Waals surface area contributed by atoms with E-state index in [1.54, 1.807) is 0 Å². The van der Waals surface area contributed by atoms with Crippen LogP contribution in [-0.2, 0) is 0 Å². The van der Waals surface area contributed by atoms with Gasteiger partial charge in [0.15, 0.2) is 0 Å². The predicted octanol–water partition coefficient (Wildman–Crippen LogP) is 4.31. The minimum absolute atomic E-state index is 0.802. The Kier molecular flexibility index (Phi) is 5.90. The zero-order valence-electron chi connectivity index (χ0n) is 13.4. The highest BCUT2D eigenvalue weighted by Gasteiger charge is 2.22. The molecule has 1 fully saturated rings. The Morgan fingerprint density at radius 2 is 1.85 bits per heavy atom. The molecule has 0 aliphatic heterocycles. The second kappa shape index (κ2) is 7.68. The molecule has 0 radical (unpaired) electrons. The molecule has 0 bridgehead atoms. The van der Waals surface area contributed by atoms with Gasteiger partial charge in [0.2, 0.25) is 0 Å². The van der Waals surface area contributed by atoms with E-state index in [0.717, 1.165) is 25.0 Å². The first-order valence-electron chi connectivity index (χ1n) is 8.20. The van der Waals surface area contributed by atoms with Gasteiger partial charge in [0.25, 0.3) is 0 Å². The summed E-state index contributed by atoms with van der Waals surface area (Å²) in [6.07, 6.45) is 7.00. The van der Waals surface area contributed by atoms with Crippen molar-refractivity contribution in [2.45, 2.75) is 52.0 Å². The molecule has 1 aromatic rings. The zero-order valence-corrected chi connectivity index (χ0v) is 13.4. The third-order valence-corrected chi connectivity index (χ3v) is 4.94. The number of hydrogen-bond donors (Lipinski definition) is 1. The van der Waals surface area contributed by atoms with Gasteiger partial charge in [-0.05, 0) is 57.2 Å². The topological polar surface area (TPSA) is 15.3 Å². The monoisotopic (exact) mass is 274 g/mol. The lowest BCUT2D eigenvalue weighted by Gasteiger charge is -2.34. The molecule has 2 nitrogen and oxygen atoms in total. The van der Waals surface area contributed by atoms with Gasteiger partial charge in [0, 0.05) is 24.8 Å². The second-order valence-corrected chi connectivity index (χ2v) is 6.31. The molecule has 112 valence electrons. The third-order valence-electron chi connectivity index (χ3n) is 4.94. The first-order valence-corrected chi connectivity index (χ1v) is 8.20. The molecule has 2 rings (SSSR count). The fourth-order valence-electron chi connectivity index (χ4n) is 3.31. The van der Waals surface area contributed by atoms with E-state index in [0.29, 0.717) is 0 Å². The van der Waals surface area contributed by atoms with Crippen LogP contribution in [-0.4, -0.2) is 31.1 Å². The van der Waals surface area contributed by atoms with Crippen LogP contribution < -0.4 is 5.32 Å². The number of nitrogens with zero attached hydrogens (tertiary/aromatic N) is 1. The Labute approximate surface area is 124 Å². The summed E-state index contributed by atoms with van der Waals surface area (Å²) in [5, 5.41) is 3.56. The van der Waals surface area contributed by atoms with Crippen LogP contribution in [0, 0.1) is 12.8 Å². The van der Waals surface area contributed by atoms with Crippen molar-refractivity contribution < 1.29 is 0 Å². The van der Waals surface area contributed by atoms with E-state index >= 15 is 0 Å². The Balaban J connectivity index is 1.70. The summed E-state index contributed by atoms with van der Waals surface area (Å²) in [6, 6.07) is 9.33. The Bertz CT molecular complexity index is 394. The highest BCUT2D eigenvalue weighted by molar-refractivity contribution is 5.50. The number of likely N-dealkylation sites (N-methyl/N-ethyl adjacent to an activating group) is 1. The molecular weight excluding hydrogens is 244 g/mol. The maximum absolute atomic E-state index is 3.56. The highest BCUT2D eigenvalue weighted by Crippen LogP contribution is 2.28. The zero-order chi connectivity index (χ0) is 14.4. The van der Waals surface area contributed by atoms with Crippen molar-refractivity contribution in [2.75, 3.05) is 25.5 Å². The van der Waals surface area contributed by atoms with Crippen molar-refractivity contribution in [1.82, 2.24) is 4.90 Å². The highest BCUT2D eigenvalue weighted by atomic mass is 15.1. The van der Waals surface area contributed by atoms with Gasteiger partial charge in [0.1, 0.15) is 0 Å². The number of rotatable bonds is 6. The first-order chi connectivity index (χ1) is 9.70. The van der Waals surface area contributed by atoms with E-state index in [4.69, 9.17) is 0 Å². The Morgan fingerprint density at radius 3 is 2.50 bits per heavy atom. The summed E-state index contributed by atoms with van der Waals surface area (Å²) in [7, 11) is 2.29. The Hall–Kier alpha value is -1.02. The van der Waals surface area contributed by atoms with E-state index in [1.165, 1.54) is 43.4 Å². The van der Waals surface area contributed by atoms with E-state index in [1.807, 2.05) is 0 Å². The van der Waals surface area contributed by atoms with Crippen LogP contribution in [0.3, 0.4) is 0 Å². The fourth-order valence-corrected chi connectivity index (χ4v) is 3.31. The van der Waals surface area contributed by atoms with Crippen molar-refractivity contribution >= 4 is 5.69 Å². The van der Waals surface area contributed by atoms with Gasteiger partial charge in [-0.2, -0.15) is 0 Å². The Morgan fingerprint density at radius 1 is 1.15 bits per heavy atom. The number of benzene rings is 1. The number of nitrogens with one attached hydrogen (secondary N) is 1. The molecule has 2 heteroatoms. The molecule has 0 atom stereocenters. The molecular formula is C18H30N2. The average molecular weight is 274 g/mol. The number of anilines is 1. The van der Waals surface area contributed by atoms with Crippen molar-refractivity contribution in [3.05, 3.63) is 29.8 Å². The van der Waals surface area contributed by atoms with Crippen LogP contribution in [0.1, 0.15) is 44.6 Å².